The number of methoxy groups -OCH3 is 1. The van der Waals surface area contributed by atoms with Crippen LogP contribution in [0.4, 0.5) is 0 Å². The summed E-state index contributed by atoms with van der Waals surface area (Å²) in [4.78, 5) is 37.4. The molecule has 0 aliphatic rings. The molecular weight excluding hydrogens is 390 g/mol. The lowest BCUT2D eigenvalue weighted by Crippen LogP contribution is -2.48. The fraction of sp³-hybridized carbons (Fsp3) is 0.500. The normalized spacial score (nSPS) is 13.5. The summed E-state index contributed by atoms with van der Waals surface area (Å²) in [5, 5.41) is 0. The van der Waals surface area contributed by atoms with Crippen LogP contribution in [0.5, 0.6) is 0 Å². The van der Waals surface area contributed by atoms with Gasteiger partial charge in [0.2, 0.25) is 5.91 Å². The highest BCUT2D eigenvalue weighted by Crippen LogP contribution is 2.26. The molecule has 0 heterocycles. The maximum atomic E-state index is 12.9. The van der Waals surface area contributed by atoms with Crippen molar-refractivity contribution >= 4 is 33.8 Å². The maximum absolute atomic E-state index is 12.9. The molecule has 0 aromatic heterocycles. The van der Waals surface area contributed by atoms with Gasteiger partial charge in [0.05, 0.1) is 7.11 Å². The zero-order chi connectivity index (χ0) is 19.2. The van der Waals surface area contributed by atoms with Crippen LogP contribution < -0.4 is 0 Å². The Morgan fingerprint density at radius 3 is 2.20 bits per heavy atom. The Labute approximate surface area is 156 Å². The van der Waals surface area contributed by atoms with E-state index in [0.717, 1.165) is 10.5 Å². The van der Waals surface area contributed by atoms with Gasteiger partial charge < -0.3 is 14.4 Å². The molecule has 0 fully saturated rings. The minimum Gasteiger partial charge on any atom is -0.467 e. The molecule has 0 spiro atoms. The first kappa shape index (κ1) is 21.2. The van der Waals surface area contributed by atoms with Crippen LogP contribution in [0.2, 0.25) is 0 Å². The largest absolute Gasteiger partial charge is 0.467 e. The molecule has 0 bridgehead atoms. The van der Waals surface area contributed by atoms with Crippen LogP contribution >= 0.6 is 15.9 Å². The fourth-order valence-electron chi connectivity index (χ4n) is 2.13. The van der Waals surface area contributed by atoms with E-state index >= 15 is 0 Å². The zero-order valence-electron chi connectivity index (χ0n) is 15.1. The van der Waals surface area contributed by atoms with Crippen molar-refractivity contribution in [3.63, 3.8) is 0 Å². The minimum atomic E-state index is -0.922. The van der Waals surface area contributed by atoms with E-state index in [9.17, 15) is 14.4 Å². The van der Waals surface area contributed by atoms with Crippen LogP contribution in [0.15, 0.2) is 30.3 Å². The lowest BCUT2D eigenvalue weighted by Gasteiger charge is -2.30. The molecule has 0 saturated heterocycles. The summed E-state index contributed by atoms with van der Waals surface area (Å²) in [7, 11) is 1.23. The van der Waals surface area contributed by atoms with Gasteiger partial charge in [-0.25, -0.2) is 4.79 Å². The molecule has 0 radical (unpaired) electrons. The van der Waals surface area contributed by atoms with Gasteiger partial charge in [0.15, 0.2) is 0 Å². The van der Waals surface area contributed by atoms with E-state index in [0.29, 0.717) is 0 Å². The van der Waals surface area contributed by atoms with E-state index in [2.05, 4.69) is 15.9 Å². The summed E-state index contributed by atoms with van der Waals surface area (Å²) in [6.07, 6.45) is 0. The first-order valence-electron chi connectivity index (χ1n) is 7.86. The first-order valence-corrected chi connectivity index (χ1v) is 8.77. The van der Waals surface area contributed by atoms with Gasteiger partial charge in [-0.1, -0.05) is 46.3 Å². The molecule has 138 valence electrons. The topological polar surface area (TPSA) is 72.9 Å². The van der Waals surface area contributed by atoms with Crippen LogP contribution in [0, 0.1) is 0 Å². The summed E-state index contributed by atoms with van der Waals surface area (Å²) in [5.41, 5.74) is 0.0341. The fourth-order valence-corrected chi connectivity index (χ4v) is 2.69. The number of ether oxygens (including phenoxy) is 2. The van der Waals surface area contributed by atoms with E-state index in [1.165, 1.54) is 14.0 Å². The molecule has 0 aliphatic heterocycles. The Balaban J connectivity index is 3.03. The summed E-state index contributed by atoms with van der Waals surface area (Å²) >= 11 is 3.35. The second-order valence-corrected chi connectivity index (χ2v) is 7.44. The van der Waals surface area contributed by atoms with Gasteiger partial charge >= 0.3 is 11.9 Å². The average Bonchev–Trinajstić information content (AvgIpc) is 2.56. The summed E-state index contributed by atoms with van der Waals surface area (Å²) < 4.78 is 9.98. The molecule has 0 aliphatic carbocycles. The molecule has 2 atom stereocenters. The predicted octanol–water partition coefficient (Wildman–Crippen LogP) is 2.85. The lowest BCUT2D eigenvalue weighted by molar-refractivity contribution is -0.162. The SMILES string of the molecule is COC(=O)[C@H](C)N(CC(=O)OC(C)(C)C)C(=O)C(Br)c1ccccc1. The third-order valence-electron chi connectivity index (χ3n) is 3.32. The van der Waals surface area contributed by atoms with Gasteiger partial charge in [-0.05, 0) is 33.3 Å². The molecule has 1 unspecified atom stereocenters. The Kier molecular flexibility index (Phi) is 7.60. The Morgan fingerprint density at radius 1 is 1.16 bits per heavy atom. The number of esters is 2. The van der Waals surface area contributed by atoms with Gasteiger partial charge in [-0.15, -0.1) is 0 Å². The zero-order valence-corrected chi connectivity index (χ0v) is 16.7. The van der Waals surface area contributed by atoms with E-state index in [1.807, 2.05) is 6.07 Å². The number of benzene rings is 1. The Hall–Kier alpha value is -1.89. The summed E-state index contributed by atoms with van der Waals surface area (Å²) in [5.74, 6) is -1.62. The highest BCUT2D eigenvalue weighted by atomic mass is 79.9. The van der Waals surface area contributed by atoms with Crippen LogP contribution in [-0.2, 0) is 23.9 Å². The van der Waals surface area contributed by atoms with Crippen LogP contribution in [-0.4, -0.2) is 48.0 Å². The summed E-state index contributed by atoms with van der Waals surface area (Å²) in [6.45, 7) is 6.37. The smallest absolute Gasteiger partial charge is 0.328 e. The number of nitrogens with zero attached hydrogens (tertiary/aromatic N) is 1. The molecule has 1 aromatic rings. The summed E-state index contributed by atoms with van der Waals surface area (Å²) in [6, 6.07) is 8.09. The number of alkyl halides is 1. The van der Waals surface area contributed by atoms with E-state index < -0.39 is 34.3 Å². The van der Waals surface area contributed by atoms with Crippen molar-refractivity contribution in [3.05, 3.63) is 35.9 Å². The van der Waals surface area contributed by atoms with Gasteiger partial charge in [0.25, 0.3) is 0 Å². The molecule has 0 saturated carbocycles. The van der Waals surface area contributed by atoms with Crippen LogP contribution in [0.1, 0.15) is 38.1 Å². The van der Waals surface area contributed by atoms with E-state index in [-0.39, 0.29) is 6.54 Å². The molecule has 25 heavy (non-hydrogen) atoms. The molecular formula is C18H24BrNO5. The molecule has 6 nitrogen and oxygen atoms in total. The molecule has 1 aromatic carbocycles. The number of hydrogen-bond acceptors (Lipinski definition) is 5. The van der Waals surface area contributed by atoms with Crippen molar-refractivity contribution < 1.29 is 23.9 Å². The number of amides is 1. The van der Waals surface area contributed by atoms with Crippen molar-refractivity contribution in [1.29, 1.82) is 0 Å². The van der Waals surface area contributed by atoms with E-state index in [1.54, 1.807) is 45.0 Å². The number of carbonyl (C=O) groups excluding carboxylic acids is 3. The standard InChI is InChI=1S/C18H24BrNO5/c1-12(17(23)24-5)20(11-14(21)25-18(2,3)4)16(22)15(19)13-9-7-6-8-10-13/h6-10,12,15H,11H2,1-5H3/t12-,15?/m0/s1. The highest BCUT2D eigenvalue weighted by Gasteiger charge is 2.33. The third kappa shape index (κ3) is 6.49. The number of hydrogen-bond donors (Lipinski definition) is 0. The van der Waals surface area contributed by atoms with Crippen LogP contribution in [0.3, 0.4) is 0 Å². The lowest BCUT2D eigenvalue weighted by atomic mass is 10.1. The van der Waals surface area contributed by atoms with Crippen LogP contribution in [0.25, 0.3) is 0 Å². The van der Waals surface area contributed by atoms with Crippen molar-refractivity contribution in [2.24, 2.45) is 0 Å². The monoisotopic (exact) mass is 413 g/mol. The van der Waals surface area contributed by atoms with Crippen molar-refractivity contribution in [2.45, 2.75) is 44.2 Å². The second kappa shape index (κ2) is 8.99. The maximum Gasteiger partial charge on any atom is 0.328 e. The molecule has 0 N–H and O–H groups in total. The minimum absolute atomic E-state index is 0.346. The van der Waals surface area contributed by atoms with Crippen molar-refractivity contribution in [1.82, 2.24) is 4.90 Å². The number of halogens is 1. The third-order valence-corrected chi connectivity index (χ3v) is 4.24. The average molecular weight is 414 g/mol. The highest BCUT2D eigenvalue weighted by molar-refractivity contribution is 9.09. The predicted molar refractivity (Wildman–Crippen MR) is 97.1 cm³/mol. The molecule has 1 amide bonds. The van der Waals surface area contributed by atoms with Gasteiger partial charge in [-0.2, -0.15) is 0 Å². The van der Waals surface area contributed by atoms with Gasteiger partial charge in [-0.3, -0.25) is 9.59 Å². The number of rotatable bonds is 6. The molecule has 7 heteroatoms. The first-order chi connectivity index (χ1) is 11.6. The van der Waals surface area contributed by atoms with Gasteiger partial charge in [0.1, 0.15) is 23.0 Å². The second-order valence-electron chi connectivity index (χ2n) is 6.52. The Bertz CT molecular complexity index is 612. The quantitative estimate of drug-likeness (QED) is 0.529. The molecule has 1 rings (SSSR count). The Morgan fingerprint density at radius 2 is 1.72 bits per heavy atom. The van der Waals surface area contributed by atoms with Crippen molar-refractivity contribution in [2.75, 3.05) is 13.7 Å². The van der Waals surface area contributed by atoms with Crippen molar-refractivity contribution in [3.8, 4) is 0 Å². The number of carbonyl (C=O) groups is 3. The van der Waals surface area contributed by atoms with E-state index in [4.69, 9.17) is 9.47 Å². The van der Waals surface area contributed by atoms with Gasteiger partial charge in [0, 0.05) is 0 Å².